The van der Waals surface area contributed by atoms with Gasteiger partial charge in [0.1, 0.15) is 17.7 Å². The molecule has 7 nitrogen and oxygen atoms in total. The first-order chi connectivity index (χ1) is 16.9. The minimum absolute atomic E-state index is 0.0326. The lowest BCUT2D eigenvalue weighted by Crippen LogP contribution is -2.47. The zero-order valence-electron chi connectivity index (χ0n) is 19.0. The molecule has 2 amide bonds. The van der Waals surface area contributed by atoms with Crippen LogP contribution in [-0.2, 0) is 0 Å². The first kappa shape index (κ1) is 23.0. The Labute approximate surface area is 200 Å². The predicted octanol–water partition coefficient (Wildman–Crippen LogP) is 5.05. The fourth-order valence-corrected chi connectivity index (χ4v) is 5.06. The summed E-state index contributed by atoms with van der Waals surface area (Å²) in [6.45, 7) is 1.54. The third kappa shape index (κ3) is 4.63. The van der Waals surface area contributed by atoms with Gasteiger partial charge in [-0.05, 0) is 50.7 Å². The second-order valence-electron chi connectivity index (χ2n) is 9.19. The Morgan fingerprint density at radius 3 is 2.63 bits per heavy atom. The monoisotopic (exact) mass is 482 g/mol. The van der Waals surface area contributed by atoms with Crippen molar-refractivity contribution < 1.29 is 18.0 Å². The molecule has 3 aromatic rings. The standard InChI is InChI=1S/C25H25F3N6O/c26-15-9-18-19(13-30-23(18)20(27)10-15)22-14(12-29)8-21(28)24(33-22)31-16-4-3-5-17(11-16)32-25(35)34-6-1-2-7-34/h8-10,13,16-17,30H,1-7,11H2,(H,31,33)(H,32,35)/t16-,17+/m1/s1. The number of aromatic amines is 1. The van der Waals surface area contributed by atoms with Gasteiger partial charge < -0.3 is 20.5 Å². The average Bonchev–Trinajstić information content (AvgIpc) is 3.51. The number of aromatic nitrogens is 2. The summed E-state index contributed by atoms with van der Waals surface area (Å²) >= 11 is 0. The number of nitrogens with zero attached hydrogens (tertiary/aromatic N) is 3. The Bertz CT molecular complexity index is 1310. The van der Waals surface area contributed by atoms with Gasteiger partial charge in [-0.15, -0.1) is 0 Å². The summed E-state index contributed by atoms with van der Waals surface area (Å²) in [5.41, 5.74) is 0.465. The van der Waals surface area contributed by atoms with Crippen molar-refractivity contribution in [3.8, 4) is 17.3 Å². The summed E-state index contributed by atoms with van der Waals surface area (Å²) in [5.74, 6) is -2.26. The maximum atomic E-state index is 14.9. The molecule has 2 atom stereocenters. The predicted molar refractivity (Wildman–Crippen MR) is 125 cm³/mol. The third-order valence-electron chi connectivity index (χ3n) is 6.79. The van der Waals surface area contributed by atoms with Gasteiger partial charge in [-0.1, -0.05) is 0 Å². The highest BCUT2D eigenvalue weighted by atomic mass is 19.1. The second kappa shape index (κ2) is 9.49. The lowest BCUT2D eigenvalue weighted by molar-refractivity contribution is 0.199. The highest BCUT2D eigenvalue weighted by Crippen LogP contribution is 2.34. The Balaban J connectivity index is 1.39. The van der Waals surface area contributed by atoms with E-state index < -0.39 is 17.5 Å². The first-order valence-corrected chi connectivity index (χ1v) is 11.8. The number of carbonyl (C=O) groups excluding carboxylic acids is 1. The molecule has 182 valence electrons. The van der Waals surface area contributed by atoms with Gasteiger partial charge >= 0.3 is 6.03 Å². The summed E-state index contributed by atoms with van der Waals surface area (Å²) in [6.07, 6.45) is 6.55. The number of benzene rings is 1. The number of pyridine rings is 1. The largest absolute Gasteiger partial charge is 0.365 e. The molecule has 1 aromatic carbocycles. The number of hydrogen-bond donors (Lipinski definition) is 3. The Morgan fingerprint density at radius 1 is 1.09 bits per heavy atom. The van der Waals surface area contributed by atoms with Crippen LogP contribution in [0.15, 0.2) is 24.4 Å². The van der Waals surface area contributed by atoms with Gasteiger partial charge in [-0.2, -0.15) is 5.26 Å². The van der Waals surface area contributed by atoms with Crippen molar-refractivity contribution in [2.75, 3.05) is 18.4 Å². The van der Waals surface area contributed by atoms with E-state index in [0.29, 0.717) is 12.0 Å². The van der Waals surface area contributed by atoms with Gasteiger partial charge in [0.05, 0.1) is 16.8 Å². The molecular weight excluding hydrogens is 457 g/mol. The summed E-state index contributed by atoms with van der Waals surface area (Å²) in [6, 6.07) is 4.69. The number of hydrogen-bond acceptors (Lipinski definition) is 4. The molecule has 0 spiro atoms. The van der Waals surface area contributed by atoms with Crippen LogP contribution in [0.3, 0.4) is 0 Å². The minimum Gasteiger partial charge on any atom is -0.365 e. The Hall–Kier alpha value is -3.74. The van der Waals surface area contributed by atoms with Gasteiger partial charge in [0.15, 0.2) is 11.6 Å². The van der Waals surface area contributed by atoms with E-state index in [2.05, 4.69) is 20.6 Å². The molecule has 1 aliphatic carbocycles. The fourth-order valence-electron chi connectivity index (χ4n) is 5.06. The van der Waals surface area contributed by atoms with Crippen molar-refractivity contribution in [3.05, 3.63) is 47.4 Å². The number of H-pyrrole nitrogens is 1. The number of fused-ring (bicyclic) bond motifs is 1. The number of amides is 2. The quantitative estimate of drug-likeness (QED) is 0.485. The first-order valence-electron chi connectivity index (χ1n) is 11.8. The van der Waals surface area contributed by atoms with E-state index in [1.807, 2.05) is 11.0 Å². The lowest BCUT2D eigenvalue weighted by Gasteiger charge is -2.32. The zero-order chi connectivity index (χ0) is 24.5. The van der Waals surface area contributed by atoms with Crippen LogP contribution in [0.4, 0.5) is 23.8 Å². The molecular formula is C25H25F3N6O. The van der Waals surface area contributed by atoms with Gasteiger partial charge in [0.2, 0.25) is 0 Å². The Kier molecular flexibility index (Phi) is 6.24. The van der Waals surface area contributed by atoms with Crippen molar-refractivity contribution in [2.24, 2.45) is 0 Å². The molecule has 1 aliphatic heterocycles. The number of urea groups is 1. The molecule has 5 rings (SSSR count). The van der Waals surface area contributed by atoms with E-state index in [1.165, 1.54) is 6.20 Å². The van der Waals surface area contributed by atoms with Gasteiger partial charge in [0, 0.05) is 48.4 Å². The number of nitriles is 1. The van der Waals surface area contributed by atoms with Crippen molar-refractivity contribution >= 4 is 22.8 Å². The molecule has 2 aliphatic rings. The molecule has 0 unspecified atom stereocenters. The molecule has 3 N–H and O–H groups in total. The van der Waals surface area contributed by atoms with Gasteiger partial charge in [-0.25, -0.2) is 22.9 Å². The highest BCUT2D eigenvalue weighted by Gasteiger charge is 2.27. The molecule has 10 heteroatoms. The topological polar surface area (TPSA) is 96.8 Å². The van der Waals surface area contributed by atoms with E-state index in [4.69, 9.17) is 0 Å². The van der Waals surface area contributed by atoms with Crippen molar-refractivity contribution in [1.29, 1.82) is 5.26 Å². The fraction of sp³-hybridized carbons (Fsp3) is 0.400. The summed E-state index contributed by atoms with van der Waals surface area (Å²) in [4.78, 5) is 21.4. The molecule has 0 radical (unpaired) electrons. The van der Waals surface area contributed by atoms with Crippen LogP contribution < -0.4 is 10.6 Å². The van der Waals surface area contributed by atoms with E-state index in [-0.39, 0.29) is 46.1 Å². The summed E-state index contributed by atoms with van der Waals surface area (Å²) in [5, 5.41) is 16.0. The van der Waals surface area contributed by atoms with Crippen LogP contribution in [0.2, 0.25) is 0 Å². The van der Waals surface area contributed by atoms with E-state index in [9.17, 15) is 23.2 Å². The maximum Gasteiger partial charge on any atom is 0.317 e. The second-order valence-corrected chi connectivity index (χ2v) is 9.19. The van der Waals surface area contributed by atoms with Crippen LogP contribution in [0.1, 0.15) is 44.1 Å². The molecule has 1 saturated carbocycles. The summed E-state index contributed by atoms with van der Waals surface area (Å²) < 4.78 is 42.9. The molecule has 3 heterocycles. The Morgan fingerprint density at radius 2 is 1.86 bits per heavy atom. The smallest absolute Gasteiger partial charge is 0.317 e. The van der Waals surface area contributed by atoms with Crippen LogP contribution in [-0.4, -0.2) is 46.1 Å². The van der Waals surface area contributed by atoms with Crippen LogP contribution in [0, 0.1) is 28.8 Å². The van der Waals surface area contributed by atoms with Crippen LogP contribution >= 0.6 is 0 Å². The molecule has 1 saturated heterocycles. The maximum absolute atomic E-state index is 14.9. The van der Waals surface area contributed by atoms with Crippen LogP contribution in [0.5, 0.6) is 0 Å². The minimum atomic E-state index is -0.769. The van der Waals surface area contributed by atoms with Crippen molar-refractivity contribution in [3.63, 3.8) is 0 Å². The zero-order valence-corrected chi connectivity index (χ0v) is 19.0. The van der Waals surface area contributed by atoms with Gasteiger partial charge in [-0.3, -0.25) is 0 Å². The number of anilines is 1. The van der Waals surface area contributed by atoms with Crippen molar-refractivity contribution in [1.82, 2.24) is 20.2 Å². The average molecular weight is 483 g/mol. The number of likely N-dealkylation sites (tertiary alicyclic amines) is 1. The van der Waals surface area contributed by atoms with E-state index >= 15 is 0 Å². The SMILES string of the molecule is N#Cc1cc(F)c(N[C@@H]2CCC[C@H](NC(=O)N3CCCC3)C2)nc1-c1c[nH]c2c(F)cc(F)cc12. The number of carbonyl (C=O) groups is 1. The third-order valence-corrected chi connectivity index (χ3v) is 6.79. The highest BCUT2D eigenvalue weighted by molar-refractivity contribution is 5.96. The molecule has 0 bridgehead atoms. The van der Waals surface area contributed by atoms with Crippen molar-refractivity contribution in [2.45, 2.75) is 50.6 Å². The number of nitrogens with one attached hydrogen (secondary N) is 3. The van der Waals surface area contributed by atoms with Gasteiger partial charge in [0.25, 0.3) is 0 Å². The lowest BCUT2D eigenvalue weighted by atomic mass is 9.91. The normalized spacial score (nSPS) is 20.1. The van der Waals surface area contributed by atoms with E-state index in [0.717, 1.165) is 63.4 Å². The summed E-state index contributed by atoms with van der Waals surface area (Å²) in [7, 11) is 0. The number of rotatable bonds is 4. The molecule has 35 heavy (non-hydrogen) atoms. The molecule has 2 aromatic heterocycles. The number of halogens is 3. The molecule has 2 fully saturated rings. The van der Waals surface area contributed by atoms with E-state index in [1.54, 1.807) is 0 Å². The van der Waals surface area contributed by atoms with Crippen LogP contribution in [0.25, 0.3) is 22.2 Å².